The van der Waals surface area contributed by atoms with Crippen LogP contribution in [-0.4, -0.2) is 32.7 Å². The van der Waals surface area contributed by atoms with Crippen molar-refractivity contribution in [2.45, 2.75) is 57.5 Å². The molecule has 35 heavy (non-hydrogen) atoms. The molecule has 0 saturated heterocycles. The van der Waals surface area contributed by atoms with Gasteiger partial charge in [-0.3, -0.25) is 14.4 Å². The number of nitrogens with one attached hydrogen (secondary N) is 2. The number of carbonyl (C=O) groups excluding carboxylic acids is 2. The normalized spacial score (nSPS) is 16.1. The molecule has 2 heterocycles. The Morgan fingerprint density at radius 3 is 2.37 bits per heavy atom. The van der Waals surface area contributed by atoms with E-state index in [1.165, 1.54) is 19.3 Å². The second kappa shape index (κ2) is 10.3. The molecule has 2 fully saturated rings. The third kappa shape index (κ3) is 5.53. The van der Waals surface area contributed by atoms with Crippen molar-refractivity contribution in [2.75, 3.05) is 6.54 Å². The minimum absolute atomic E-state index is 0.00504. The van der Waals surface area contributed by atoms with Crippen LogP contribution in [0.4, 0.5) is 0 Å². The van der Waals surface area contributed by atoms with E-state index in [-0.39, 0.29) is 23.7 Å². The molecule has 1 aromatic carbocycles. The maximum Gasteiger partial charge on any atom is 0.257 e. The Morgan fingerprint density at radius 1 is 0.943 bits per heavy atom. The fourth-order valence-electron chi connectivity index (χ4n) is 4.74. The predicted molar refractivity (Wildman–Crippen MR) is 133 cm³/mol. The van der Waals surface area contributed by atoms with Crippen LogP contribution in [0.3, 0.4) is 0 Å². The van der Waals surface area contributed by atoms with Crippen LogP contribution in [0.2, 0.25) is 0 Å². The van der Waals surface area contributed by atoms with Gasteiger partial charge in [-0.15, -0.1) is 0 Å². The van der Waals surface area contributed by atoms with Crippen molar-refractivity contribution in [1.29, 1.82) is 0 Å². The maximum atomic E-state index is 13.2. The first-order valence-electron chi connectivity index (χ1n) is 12.5. The molecule has 0 aliphatic heterocycles. The highest BCUT2D eigenvalue weighted by molar-refractivity contribution is 5.99. The van der Waals surface area contributed by atoms with Gasteiger partial charge in [0.2, 0.25) is 5.43 Å². The van der Waals surface area contributed by atoms with Crippen LogP contribution < -0.4 is 16.1 Å². The molecule has 2 aliphatic carbocycles. The lowest BCUT2D eigenvalue weighted by atomic mass is 9.89. The Bertz CT molecular complexity index is 1250. The van der Waals surface area contributed by atoms with Crippen LogP contribution in [-0.2, 0) is 6.54 Å². The lowest BCUT2D eigenvalue weighted by molar-refractivity contribution is 0.0941. The van der Waals surface area contributed by atoms with Gasteiger partial charge in [-0.1, -0.05) is 31.4 Å². The first-order chi connectivity index (χ1) is 17.1. The highest BCUT2D eigenvalue weighted by Gasteiger charge is 2.27. The van der Waals surface area contributed by atoms with Gasteiger partial charge in [-0.25, -0.2) is 4.68 Å². The summed E-state index contributed by atoms with van der Waals surface area (Å²) < 4.78 is 3.60. The van der Waals surface area contributed by atoms with Gasteiger partial charge in [0.1, 0.15) is 11.1 Å². The van der Waals surface area contributed by atoms with Crippen molar-refractivity contribution in [2.24, 2.45) is 5.92 Å². The molecule has 0 bridgehead atoms. The monoisotopic (exact) mass is 473 g/mol. The number of rotatable bonds is 8. The second-order valence-electron chi connectivity index (χ2n) is 9.61. The number of hydrogen-bond acceptors (Lipinski definition) is 4. The first kappa shape index (κ1) is 23.1. The molecular weight excluding hydrogens is 442 g/mol. The summed E-state index contributed by atoms with van der Waals surface area (Å²) in [5.74, 6) is -0.408. The zero-order valence-corrected chi connectivity index (χ0v) is 19.8. The molecule has 2 N–H and O–H groups in total. The Labute approximate surface area is 204 Å². The summed E-state index contributed by atoms with van der Waals surface area (Å²) in [6.07, 6.45) is 14.6. The summed E-state index contributed by atoms with van der Waals surface area (Å²) in [4.78, 5) is 39.2. The fraction of sp³-hybridized carbons (Fsp3) is 0.407. The Balaban J connectivity index is 1.31. The summed E-state index contributed by atoms with van der Waals surface area (Å²) in [6, 6.07) is 9.75. The third-order valence-electron chi connectivity index (χ3n) is 6.91. The van der Waals surface area contributed by atoms with Gasteiger partial charge in [0.05, 0.1) is 5.69 Å². The number of benzene rings is 1. The number of hydrogen-bond donors (Lipinski definition) is 2. The van der Waals surface area contributed by atoms with Crippen molar-refractivity contribution in [3.8, 4) is 5.69 Å². The van der Waals surface area contributed by atoms with E-state index in [0.29, 0.717) is 12.5 Å². The van der Waals surface area contributed by atoms with Crippen LogP contribution in [0.15, 0.2) is 59.9 Å². The van der Waals surface area contributed by atoms with Gasteiger partial charge in [0.25, 0.3) is 11.8 Å². The fourth-order valence-corrected chi connectivity index (χ4v) is 4.74. The van der Waals surface area contributed by atoms with Crippen molar-refractivity contribution < 1.29 is 9.59 Å². The number of nitrogens with zero attached hydrogens (tertiary/aromatic N) is 3. The molecule has 2 aromatic heterocycles. The summed E-state index contributed by atoms with van der Waals surface area (Å²) in [5, 5.41) is 10.0. The summed E-state index contributed by atoms with van der Waals surface area (Å²) in [5.41, 5.74) is 1.29. The van der Waals surface area contributed by atoms with E-state index in [0.717, 1.165) is 36.9 Å². The van der Waals surface area contributed by atoms with E-state index >= 15 is 0 Å². The predicted octanol–water partition coefficient (Wildman–Crippen LogP) is 3.61. The highest BCUT2D eigenvalue weighted by Crippen LogP contribution is 2.34. The molecule has 2 saturated carbocycles. The Hall–Kier alpha value is -3.68. The van der Waals surface area contributed by atoms with Crippen LogP contribution in [0.25, 0.3) is 5.69 Å². The average Bonchev–Trinajstić information content (AvgIpc) is 3.60. The molecule has 2 aliphatic rings. The van der Waals surface area contributed by atoms with E-state index in [9.17, 15) is 14.4 Å². The van der Waals surface area contributed by atoms with Crippen LogP contribution in [0.1, 0.15) is 77.3 Å². The van der Waals surface area contributed by atoms with E-state index in [1.807, 2.05) is 41.1 Å². The smallest absolute Gasteiger partial charge is 0.257 e. The molecule has 0 atom stereocenters. The molecule has 5 rings (SSSR count). The lowest BCUT2D eigenvalue weighted by Crippen LogP contribution is -2.37. The summed E-state index contributed by atoms with van der Waals surface area (Å²) in [7, 11) is 0. The van der Waals surface area contributed by atoms with Crippen molar-refractivity contribution >= 4 is 11.8 Å². The number of pyridine rings is 1. The maximum absolute atomic E-state index is 13.2. The molecule has 3 aromatic rings. The standard InChI is InChI=1S/C27H31N5O3/c33-25-23(26(34)28-15-19-6-2-1-3-7-19)17-31(21-10-11-21)18-24(25)27(35)29-16-20-8-4-9-22(14-20)32-13-5-12-30-32/h4-5,8-9,12-14,17-19,21H,1-3,6-7,10-11,15-16H2,(H,28,34)(H,29,35). The van der Waals surface area contributed by atoms with Crippen molar-refractivity contribution in [3.05, 3.63) is 82.0 Å². The van der Waals surface area contributed by atoms with Gasteiger partial charge < -0.3 is 15.2 Å². The van der Waals surface area contributed by atoms with Gasteiger partial charge >= 0.3 is 0 Å². The van der Waals surface area contributed by atoms with Gasteiger partial charge in [0.15, 0.2) is 0 Å². The topological polar surface area (TPSA) is 98.0 Å². The zero-order chi connectivity index (χ0) is 24.2. The average molecular weight is 474 g/mol. The molecule has 2 amide bonds. The van der Waals surface area contributed by atoms with Crippen LogP contribution in [0, 0.1) is 5.92 Å². The Morgan fingerprint density at radius 2 is 1.69 bits per heavy atom. The quantitative estimate of drug-likeness (QED) is 0.522. The second-order valence-corrected chi connectivity index (χ2v) is 9.61. The number of aromatic nitrogens is 3. The van der Waals surface area contributed by atoms with E-state index < -0.39 is 17.2 Å². The first-order valence-corrected chi connectivity index (χ1v) is 12.5. The zero-order valence-electron chi connectivity index (χ0n) is 19.8. The lowest BCUT2D eigenvalue weighted by Gasteiger charge is -2.21. The molecule has 0 unspecified atom stereocenters. The SMILES string of the molecule is O=C(NCc1cccc(-n2cccn2)c1)c1cn(C2CC2)cc(C(=O)NCC2CCCCC2)c1=O. The van der Waals surface area contributed by atoms with Crippen LogP contribution >= 0.6 is 0 Å². The van der Waals surface area contributed by atoms with Gasteiger partial charge in [-0.05, 0) is 55.4 Å². The molecule has 0 radical (unpaired) electrons. The Kier molecular flexibility index (Phi) is 6.79. The number of carbonyl (C=O) groups is 2. The van der Waals surface area contributed by atoms with Crippen molar-refractivity contribution in [1.82, 2.24) is 25.0 Å². The molecule has 8 heteroatoms. The van der Waals surface area contributed by atoms with Crippen molar-refractivity contribution in [3.63, 3.8) is 0 Å². The largest absolute Gasteiger partial charge is 0.352 e. The molecule has 182 valence electrons. The molecule has 8 nitrogen and oxygen atoms in total. The summed E-state index contributed by atoms with van der Waals surface area (Å²) in [6.45, 7) is 0.833. The van der Waals surface area contributed by atoms with Gasteiger partial charge in [-0.2, -0.15) is 5.10 Å². The molecule has 0 spiro atoms. The van der Waals surface area contributed by atoms with E-state index in [1.54, 1.807) is 23.3 Å². The van der Waals surface area contributed by atoms with Crippen LogP contribution in [0.5, 0.6) is 0 Å². The molecular formula is C27H31N5O3. The van der Waals surface area contributed by atoms with Gasteiger partial charge in [0, 0.05) is 43.9 Å². The summed E-state index contributed by atoms with van der Waals surface area (Å²) >= 11 is 0. The van der Waals surface area contributed by atoms with E-state index in [2.05, 4.69) is 15.7 Å². The third-order valence-corrected chi connectivity index (χ3v) is 6.91. The highest BCUT2D eigenvalue weighted by atomic mass is 16.2. The minimum atomic E-state index is -0.522. The van der Waals surface area contributed by atoms with E-state index in [4.69, 9.17) is 0 Å². The minimum Gasteiger partial charge on any atom is -0.352 e. The number of amides is 2.